The van der Waals surface area contributed by atoms with E-state index in [2.05, 4.69) is 9.99 Å². The Morgan fingerprint density at radius 1 is 1.92 bits per heavy atom. The minimum Gasteiger partial charge on any atom is -0.359 e. The summed E-state index contributed by atoms with van der Waals surface area (Å²) in [4.78, 5) is 14.8. The van der Waals surface area contributed by atoms with Crippen molar-refractivity contribution in [3.8, 4) is 0 Å². The van der Waals surface area contributed by atoms with Crippen molar-refractivity contribution in [3.63, 3.8) is 0 Å². The molecule has 0 fully saturated rings. The third-order valence-corrected chi connectivity index (χ3v) is 1.06. The first-order valence-electron chi connectivity index (χ1n) is 3.28. The molecule has 1 aromatic rings. The maximum atomic E-state index is 10.1. The van der Waals surface area contributed by atoms with Crippen LogP contribution in [0.5, 0.6) is 0 Å². The predicted octanol–water partition coefficient (Wildman–Crippen LogP) is 0.0829. The predicted molar refractivity (Wildman–Crippen MR) is 38.7 cm³/mol. The third kappa shape index (κ3) is 2.59. The summed E-state index contributed by atoms with van der Waals surface area (Å²) in [6.45, 7) is 1.90. The molecule has 1 heterocycles. The third-order valence-electron chi connectivity index (χ3n) is 1.06. The molecule has 0 aliphatic heterocycles. The summed E-state index contributed by atoms with van der Waals surface area (Å²) >= 11 is 0. The fraction of sp³-hybridized carbons (Fsp3) is 0.333. The van der Waals surface area contributed by atoms with Gasteiger partial charge in [0.1, 0.15) is 6.61 Å². The van der Waals surface area contributed by atoms with Gasteiger partial charge in [0.2, 0.25) is 0 Å². The zero-order valence-electron chi connectivity index (χ0n) is 6.53. The smallest absolute Gasteiger partial charge is 0.336 e. The van der Waals surface area contributed by atoms with Gasteiger partial charge in [-0.3, -0.25) is 4.84 Å². The van der Waals surface area contributed by atoms with Gasteiger partial charge in [0.15, 0.2) is 5.76 Å². The van der Waals surface area contributed by atoms with Crippen LogP contribution in [0.3, 0.4) is 0 Å². The second-order valence-electron chi connectivity index (χ2n) is 2.19. The van der Waals surface area contributed by atoms with E-state index in [1.165, 1.54) is 0 Å². The van der Waals surface area contributed by atoms with Gasteiger partial charge >= 0.3 is 6.03 Å². The summed E-state index contributed by atoms with van der Waals surface area (Å²) in [7, 11) is 0. The van der Waals surface area contributed by atoms with Crippen molar-refractivity contribution in [2.24, 2.45) is 5.73 Å². The van der Waals surface area contributed by atoms with Gasteiger partial charge < -0.3 is 10.3 Å². The quantitative estimate of drug-likeness (QED) is 0.630. The maximum absolute atomic E-state index is 10.1. The van der Waals surface area contributed by atoms with Gasteiger partial charge in [0.25, 0.3) is 0 Å². The number of aromatic nitrogens is 1. The van der Waals surface area contributed by atoms with E-state index >= 15 is 0 Å². The average Bonchev–Trinajstić information content (AvgIpc) is 2.35. The molecule has 0 aromatic carbocycles. The second kappa shape index (κ2) is 3.72. The Labute approximate surface area is 68.6 Å². The number of hydrogen-bond donors (Lipinski definition) is 2. The number of amides is 2. The molecule has 1 rings (SSSR count). The Balaban J connectivity index is 2.29. The molecule has 0 unspecified atom stereocenters. The number of hydroxylamine groups is 1. The van der Waals surface area contributed by atoms with Gasteiger partial charge in [-0.2, -0.15) is 0 Å². The van der Waals surface area contributed by atoms with Crippen molar-refractivity contribution in [2.75, 3.05) is 0 Å². The number of nitrogens with one attached hydrogen (secondary N) is 1. The first-order chi connectivity index (χ1) is 5.68. The second-order valence-corrected chi connectivity index (χ2v) is 2.19. The fourth-order valence-corrected chi connectivity index (χ4v) is 0.663. The van der Waals surface area contributed by atoms with Crippen molar-refractivity contribution in [3.05, 3.63) is 17.5 Å². The summed E-state index contributed by atoms with van der Waals surface area (Å²) < 4.78 is 4.78. The normalized spacial score (nSPS) is 9.75. The fourth-order valence-electron chi connectivity index (χ4n) is 0.663. The highest BCUT2D eigenvalue weighted by atomic mass is 16.7. The SMILES string of the molecule is Cc1cc(CONC(N)=O)on1. The van der Waals surface area contributed by atoms with Crippen LogP contribution in [0.25, 0.3) is 0 Å². The molecular formula is C6H9N3O3. The van der Waals surface area contributed by atoms with E-state index in [4.69, 9.17) is 10.3 Å². The van der Waals surface area contributed by atoms with Crippen molar-refractivity contribution in [1.82, 2.24) is 10.6 Å². The molecule has 0 saturated heterocycles. The monoisotopic (exact) mass is 171 g/mol. The van der Waals surface area contributed by atoms with E-state index in [0.717, 1.165) is 5.69 Å². The van der Waals surface area contributed by atoms with E-state index in [9.17, 15) is 4.79 Å². The summed E-state index contributed by atoms with van der Waals surface area (Å²) in [5.74, 6) is 0.529. The highest BCUT2D eigenvalue weighted by Gasteiger charge is 2.00. The summed E-state index contributed by atoms with van der Waals surface area (Å²) in [5, 5.41) is 3.62. The van der Waals surface area contributed by atoms with Crippen LogP contribution in [0.4, 0.5) is 4.79 Å². The van der Waals surface area contributed by atoms with Gasteiger partial charge in [0.05, 0.1) is 5.69 Å². The lowest BCUT2D eigenvalue weighted by molar-refractivity contribution is 0.0393. The number of nitrogens with two attached hydrogens (primary N) is 1. The van der Waals surface area contributed by atoms with E-state index in [-0.39, 0.29) is 6.61 Å². The summed E-state index contributed by atoms with van der Waals surface area (Å²) in [6, 6.07) is 0.953. The van der Waals surface area contributed by atoms with E-state index in [1.54, 1.807) is 13.0 Å². The molecule has 0 spiro atoms. The average molecular weight is 171 g/mol. The topological polar surface area (TPSA) is 90.4 Å². The van der Waals surface area contributed by atoms with Crippen LogP contribution in [-0.2, 0) is 11.4 Å². The lowest BCUT2D eigenvalue weighted by Gasteiger charge is -1.97. The van der Waals surface area contributed by atoms with E-state index in [1.807, 2.05) is 5.48 Å². The first kappa shape index (κ1) is 8.54. The standard InChI is InChI=1S/C6H9N3O3/c1-4-2-5(12-8-4)3-11-9-6(7)10/h2H,3H2,1H3,(H3,7,9,10). The van der Waals surface area contributed by atoms with Crippen LogP contribution in [0.15, 0.2) is 10.6 Å². The van der Waals surface area contributed by atoms with Gasteiger partial charge in [-0.15, -0.1) is 0 Å². The minimum atomic E-state index is -0.744. The Hall–Kier alpha value is -1.56. The summed E-state index contributed by atoms with van der Waals surface area (Å²) in [6.07, 6.45) is 0. The number of urea groups is 1. The molecule has 1 aromatic heterocycles. The highest BCUT2D eigenvalue weighted by molar-refractivity contribution is 5.70. The lowest BCUT2D eigenvalue weighted by Crippen LogP contribution is -2.29. The zero-order chi connectivity index (χ0) is 8.97. The molecule has 66 valence electrons. The van der Waals surface area contributed by atoms with E-state index in [0.29, 0.717) is 5.76 Å². The van der Waals surface area contributed by atoms with Crippen LogP contribution in [0.1, 0.15) is 11.5 Å². The van der Waals surface area contributed by atoms with Gasteiger partial charge in [-0.25, -0.2) is 10.3 Å². The Bertz CT molecular complexity index is 271. The molecule has 2 amide bonds. The van der Waals surface area contributed by atoms with Crippen LogP contribution < -0.4 is 11.2 Å². The van der Waals surface area contributed by atoms with Crippen molar-refractivity contribution in [1.29, 1.82) is 0 Å². The number of primary amides is 1. The highest BCUT2D eigenvalue weighted by Crippen LogP contribution is 2.02. The molecule has 0 radical (unpaired) electrons. The molecule has 0 aliphatic carbocycles. The molecule has 3 N–H and O–H groups in total. The van der Waals surface area contributed by atoms with Crippen molar-refractivity contribution in [2.45, 2.75) is 13.5 Å². The van der Waals surface area contributed by atoms with Crippen LogP contribution in [0, 0.1) is 6.92 Å². The number of aryl methyl sites for hydroxylation is 1. The van der Waals surface area contributed by atoms with Crippen LogP contribution in [-0.4, -0.2) is 11.2 Å². The van der Waals surface area contributed by atoms with Crippen LogP contribution >= 0.6 is 0 Å². The van der Waals surface area contributed by atoms with Gasteiger partial charge in [-0.1, -0.05) is 5.16 Å². The Kier molecular flexibility index (Phi) is 2.65. The molecule has 0 saturated carbocycles. The van der Waals surface area contributed by atoms with Gasteiger partial charge in [0, 0.05) is 6.07 Å². The first-order valence-corrected chi connectivity index (χ1v) is 3.28. The number of nitrogens with zero attached hydrogens (tertiary/aromatic N) is 1. The lowest BCUT2D eigenvalue weighted by atomic mass is 10.4. The van der Waals surface area contributed by atoms with E-state index < -0.39 is 6.03 Å². The molecule has 12 heavy (non-hydrogen) atoms. The molecular weight excluding hydrogens is 162 g/mol. The van der Waals surface area contributed by atoms with Crippen LogP contribution in [0.2, 0.25) is 0 Å². The molecule has 0 bridgehead atoms. The largest absolute Gasteiger partial charge is 0.359 e. The van der Waals surface area contributed by atoms with Crippen molar-refractivity contribution < 1.29 is 14.2 Å². The van der Waals surface area contributed by atoms with Gasteiger partial charge in [-0.05, 0) is 6.92 Å². The van der Waals surface area contributed by atoms with Crippen molar-refractivity contribution >= 4 is 6.03 Å². The number of carbonyl (C=O) groups excluding carboxylic acids is 1. The Morgan fingerprint density at radius 3 is 3.17 bits per heavy atom. The molecule has 0 aliphatic rings. The maximum Gasteiger partial charge on any atom is 0.336 e. The minimum absolute atomic E-state index is 0.115. The molecule has 0 atom stereocenters. The number of rotatable bonds is 3. The summed E-state index contributed by atoms with van der Waals surface area (Å²) in [5.41, 5.74) is 7.45. The molecule has 6 heteroatoms. The molecule has 6 nitrogen and oxygen atoms in total. The zero-order valence-corrected chi connectivity index (χ0v) is 6.53. The number of carbonyl (C=O) groups is 1. The number of hydrogen-bond acceptors (Lipinski definition) is 4. The Morgan fingerprint density at radius 2 is 2.67 bits per heavy atom.